The van der Waals surface area contributed by atoms with Crippen molar-refractivity contribution < 1.29 is 14.1 Å². The largest absolute Gasteiger partial charge is 0.442 e. The number of amides is 1. The van der Waals surface area contributed by atoms with E-state index in [4.69, 9.17) is 4.74 Å². The first kappa shape index (κ1) is 7.84. The summed E-state index contributed by atoms with van der Waals surface area (Å²) in [4.78, 5) is 14.4. The number of hydrogen-bond donors (Lipinski definition) is 2. The molecule has 1 atom stereocenters. The Morgan fingerprint density at radius 3 is 3.31 bits per heavy atom. The predicted octanol–water partition coefficient (Wildman–Crippen LogP) is -0.410. The van der Waals surface area contributed by atoms with Gasteiger partial charge in [-0.05, 0) is 5.16 Å². The summed E-state index contributed by atoms with van der Waals surface area (Å²) >= 11 is 0. The molecule has 1 saturated heterocycles. The molecule has 13 heavy (non-hydrogen) atoms. The lowest BCUT2D eigenvalue weighted by molar-refractivity contribution is 0.145. The highest BCUT2D eigenvalue weighted by atomic mass is 16.6. The molecule has 7 heteroatoms. The van der Waals surface area contributed by atoms with Crippen LogP contribution in [-0.4, -0.2) is 35.4 Å². The van der Waals surface area contributed by atoms with Crippen LogP contribution in [0.3, 0.4) is 0 Å². The molecule has 0 spiro atoms. The zero-order valence-corrected chi connectivity index (χ0v) is 6.69. The van der Waals surface area contributed by atoms with Crippen LogP contribution in [0.15, 0.2) is 10.9 Å². The predicted molar refractivity (Wildman–Crippen MR) is 41.1 cm³/mol. The second kappa shape index (κ2) is 3.30. The second-order valence-corrected chi connectivity index (χ2v) is 2.54. The average molecular weight is 184 g/mol. The minimum Gasteiger partial charge on any atom is -0.442 e. The summed E-state index contributed by atoms with van der Waals surface area (Å²) in [6.07, 6.45) is 0.659. The molecule has 1 unspecified atom stereocenters. The topological polar surface area (TPSA) is 89.3 Å². The van der Waals surface area contributed by atoms with Gasteiger partial charge >= 0.3 is 6.09 Å². The van der Waals surface area contributed by atoms with Gasteiger partial charge in [-0.15, -0.1) is 0 Å². The molecular weight excluding hydrogens is 176 g/mol. The van der Waals surface area contributed by atoms with Crippen molar-refractivity contribution in [3.8, 4) is 0 Å². The molecule has 0 radical (unpaired) electrons. The highest BCUT2D eigenvalue weighted by Crippen LogP contribution is 2.01. The number of carbonyl (C=O) groups excluding carboxylic acids is 1. The Kier molecular flexibility index (Phi) is 1.99. The molecule has 1 fully saturated rings. The molecule has 1 aromatic heterocycles. The summed E-state index contributed by atoms with van der Waals surface area (Å²) in [7, 11) is 0. The average Bonchev–Trinajstić information content (AvgIpc) is 2.71. The molecule has 1 aliphatic heterocycles. The number of nitrogens with zero attached hydrogens (tertiary/aromatic N) is 2. The molecule has 1 aromatic rings. The van der Waals surface area contributed by atoms with Gasteiger partial charge in [-0.3, -0.25) is 0 Å². The number of ether oxygens (including phenoxy) is 1. The van der Waals surface area contributed by atoms with Crippen molar-refractivity contribution in [1.82, 2.24) is 15.5 Å². The Morgan fingerprint density at radius 2 is 2.69 bits per heavy atom. The monoisotopic (exact) mass is 184 g/mol. The Balaban J connectivity index is 1.77. The molecule has 7 nitrogen and oxygen atoms in total. The van der Waals surface area contributed by atoms with E-state index < -0.39 is 0 Å². The van der Waals surface area contributed by atoms with Crippen molar-refractivity contribution in [3.05, 3.63) is 6.39 Å². The summed E-state index contributed by atoms with van der Waals surface area (Å²) in [5, 5.41) is 8.93. The maximum absolute atomic E-state index is 10.6. The Labute approximate surface area is 73.4 Å². The number of rotatable bonds is 3. The van der Waals surface area contributed by atoms with Gasteiger partial charge in [0.25, 0.3) is 5.95 Å². The van der Waals surface area contributed by atoms with Gasteiger partial charge in [0, 0.05) is 0 Å². The fraction of sp³-hybridized carbons (Fsp3) is 0.500. The molecule has 2 heterocycles. The Hall–Kier alpha value is -1.79. The Morgan fingerprint density at radius 1 is 1.77 bits per heavy atom. The minimum atomic E-state index is -0.389. The van der Waals surface area contributed by atoms with E-state index >= 15 is 0 Å². The van der Waals surface area contributed by atoms with Crippen molar-refractivity contribution in [2.75, 3.05) is 18.4 Å². The molecule has 2 N–H and O–H groups in total. The second-order valence-electron chi connectivity index (χ2n) is 2.54. The van der Waals surface area contributed by atoms with Crippen LogP contribution in [0.2, 0.25) is 0 Å². The van der Waals surface area contributed by atoms with E-state index in [1.807, 2.05) is 0 Å². The van der Waals surface area contributed by atoms with Crippen LogP contribution in [0.25, 0.3) is 0 Å². The molecular formula is C6H8N4O3. The number of hydrogen-bond acceptors (Lipinski definition) is 6. The van der Waals surface area contributed by atoms with Crippen LogP contribution in [0, 0.1) is 0 Å². The normalized spacial score (nSPS) is 20.9. The number of cyclic esters (lactones) is 1. The van der Waals surface area contributed by atoms with Gasteiger partial charge in [-0.25, -0.2) is 4.79 Å². The van der Waals surface area contributed by atoms with Crippen LogP contribution in [0.5, 0.6) is 0 Å². The highest BCUT2D eigenvalue weighted by Gasteiger charge is 2.22. The first-order chi connectivity index (χ1) is 6.34. The van der Waals surface area contributed by atoms with Crippen molar-refractivity contribution in [2.45, 2.75) is 6.10 Å². The third-order valence-electron chi connectivity index (χ3n) is 1.60. The third kappa shape index (κ3) is 1.86. The molecule has 0 aromatic carbocycles. The summed E-state index contributed by atoms with van der Waals surface area (Å²) < 4.78 is 9.36. The van der Waals surface area contributed by atoms with Crippen LogP contribution < -0.4 is 10.6 Å². The van der Waals surface area contributed by atoms with Crippen LogP contribution in [0.1, 0.15) is 0 Å². The minimum absolute atomic E-state index is 0.175. The van der Waals surface area contributed by atoms with Gasteiger partial charge in [0.2, 0.25) is 6.39 Å². The van der Waals surface area contributed by atoms with Gasteiger partial charge in [-0.2, -0.15) is 4.98 Å². The number of anilines is 1. The lowest BCUT2D eigenvalue weighted by Crippen LogP contribution is -2.23. The quantitative estimate of drug-likeness (QED) is 0.663. The maximum atomic E-state index is 10.6. The van der Waals surface area contributed by atoms with Gasteiger partial charge in [0.15, 0.2) is 0 Å². The maximum Gasteiger partial charge on any atom is 0.407 e. The van der Waals surface area contributed by atoms with E-state index in [1.54, 1.807) is 0 Å². The number of nitrogens with one attached hydrogen (secondary N) is 2. The van der Waals surface area contributed by atoms with E-state index in [2.05, 4.69) is 25.3 Å². The van der Waals surface area contributed by atoms with E-state index in [0.29, 0.717) is 19.0 Å². The summed E-state index contributed by atoms with van der Waals surface area (Å²) in [6.45, 7) is 0.974. The van der Waals surface area contributed by atoms with Crippen LogP contribution in [0.4, 0.5) is 10.7 Å². The number of carbonyl (C=O) groups is 1. The van der Waals surface area contributed by atoms with Crippen molar-refractivity contribution >= 4 is 12.0 Å². The molecule has 0 aliphatic carbocycles. The fourth-order valence-electron chi connectivity index (χ4n) is 0.999. The van der Waals surface area contributed by atoms with Gasteiger partial charge in [-0.1, -0.05) is 0 Å². The first-order valence-electron chi connectivity index (χ1n) is 3.79. The van der Waals surface area contributed by atoms with Gasteiger partial charge in [0.05, 0.1) is 13.1 Å². The molecule has 2 rings (SSSR count). The molecule has 70 valence electrons. The lowest BCUT2D eigenvalue weighted by atomic mass is 10.4. The van der Waals surface area contributed by atoms with Gasteiger partial charge < -0.3 is 19.9 Å². The molecule has 1 amide bonds. The molecule has 0 bridgehead atoms. The van der Waals surface area contributed by atoms with Crippen molar-refractivity contribution in [3.63, 3.8) is 0 Å². The van der Waals surface area contributed by atoms with E-state index in [0.717, 1.165) is 0 Å². The number of aromatic nitrogens is 2. The van der Waals surface area contributed by atoms with Crippen LogP contribution in [-0.2, 0) is 4.74 Å². The van der Waals surface area contributed by atoms with Crippen molar-refractivity contribution in [1.29, 1.82) is 0 Å². The summed E-state index contributed by atoms with van der Waals surface area (Å²) in [5.74, 6) is 0.392. The fourth-order valence-corrected chi connectivity index (χ4v) is 0.999. The van der Waals surface area contributed by atoms with Crippen LogP contribution >= 0.6 is 0 Å². The highest BCUT2D eigenvalue weighted by molar-refractivity contribution is 5.69. The standard InChI is InChI=1S/C6H8N4O3/c11-6-8-2-4(13-6)1-7-5-9-3-12-10-5/h3-4H,1-2H2,(H,7,10)(H,8,11). The lowest BCUT2D eigenvalue weighted by Gasteiger charge is -2.06. The summed E-state index contributed by atoms with van der Waals surface area (Å²) in [6, 6.07) is 0. The third-order valence-corrected chi connectivity index (χ3v) is 1.60. The van der Waals surface area contributed by atoms with E-state index in [-0.39, 0.29) is 12.2 Å². The van der Waals surface area contributed by atoms with Crippen molar-refractivity contribution in [2.24, 2.45) is 0 Å². The zero-order valence-electron chi connectivity index (χ0n) is 6.69. The Bertz CT molecular complexity index is 286. The smallest absolute Gasteiger partial charge is 0.407 e. The molecule has 0 saturated carbocycles. The summed E-state index contributed by atoms with van der Waals surface area (Å²) in [5.41, 5.74) is 0. The van der Waals surface area contributed by atoms with E-state index in [9.17, 15) is 4.79 Å². The number of alkyl carbamates (subject to hydrolysis) is 1. The first-order valence-corrected chi connectivity index (χ1v) is 3.79. The SMILES string of the molecule is O=C1NCC(CNc2ncon2)O1. The zero-order chi connectivity index (χ0) is 9.10. The molecule has 1 aliphatic rings. The van der Waals surface area contributed by atoms with Gasteiger partial charge in [0.1, 0.15) is 6.10 Å². The van der Waals surface area contributed by atoms with E-state index in [1.165, 1.54) is 6.39 Å².